The summed E-state index contributed by atoms with van der Waals surface area (Å²) in [5.74, 6) is 0. The Hall–Kier alpha value is -7.46. The Labute approximate surface area is 345 Å². The van der Waals surface area contributed by atoms with Gasteiger partial charge in [-0.15, -0.1) is 11.3 Å². The molecule has 0 saturated carbocycles. The lowest BCUT2D eigenvalue weighted by Crippen LogP contribution is -2.11. The van der Waals surface area contributed by atoms with E-state index in [2.05, 4.69) is 217 Å². The highest BCUT2D eigenvalue weighted by molar-refractivity contribution is 7.26. The van der Waals surface area contributed by atoms with Crippen molar-refractivity contribution >= 4 is 92.1 Å². The lowest BCUT2D eigenvalue weighted by molar-refractivity contribution is 0.670. The Kier molecular flexibility index (Phi) is 7.75. The molecule has 0 aliphatic heterocycles. The van der Waals surface area contributed by atoms with Crippen LogP contribution in [0.25, 0.3) is 97.0 Å². The molecule has 0 unspecified atom stereocenters. The molecule has 0 amide bonds. The lowest BCUT2D eigenvalue weighted by Gasteiger charge is -2.28. The SMILES string of the molecule is c1ccc(N(c2ccc(-c3ccc(-c4cccc5ccccc45)cc3)cc2)c2cccc3c2sc2ccccc23)c(-c2cccc3c2oc2cc4ccccc4cc23)c1. The minimum absolute atomic E-state index is 0.896. The predicted molar refractivity (Wildman–Crippen MR) is 253 cm³/mol. The van der Waals surface area contributed by atoms with E-state index in [1.807, 2.05) is 11.3 Å². The van der Waals surface area contributed by atoms with Crippen molar-refractivity contribution in [1.82, 2.24) is 0 Å². The first-order chi connectivity index (χ1) is 29.2. The van der Waals surface area contributed by atoms with Crippen LogP contribution in [0.1, 0.15) is 0 Å². The molecule has 0 bridgehead atoms. The first kappa shape index (κ1) is 33.7. The fourth-order valence-corrected chi connectivity index (χ4v) is 10.2. The number of para-hydroxylation sites is 2. The van der Waals surface area contributed by atoms with Gasteiger partial charge in [-0.25, -0.2) is 0 Å². The normalized spacial score (nSPS) is 11.7. The summed E-state index contributed by atoms with van der Waals surface area (Å²) in [6.07, 6.45) is 0. The van der Waals surface area contributed by atoms with E-state index in [-0.39, 0.29) is 0 Å². The highest BCUT2D eigenvalue weighted by Crippen LogP contribution is 2.49. The molecule has 0 aliphatic carbocycles. The van der Waals surface area contributed by atoms with Gasteiger partial charge in [0, 0.05) is 43.1 Å². The second-order valence-electron chi connectivity index (χ2n) is 15.2. The largest absolute Gasteiger partial charge is 0.455 e. The molecule has 3 heteroatoms. The van der Waals surface area contributed by atoms with Crippen LogP contribution in [-0.2, 0) is 0 Å². The van der Waals surface area contributed by atoms with Crippen LogP contribution in [0.5, 0.6) is 0 Å². The summed E-state index contributed by atoms with van der Waals surface area (Å²) in [6, 6.07) is 76.9. The Balaban J connectivity index is 1.01. The molecule has 0 spiro atoms. The Morgan fingerprint density at radius 3 is 1.76 bits per heavy atom. The molecule has 2 heterocycles. The highest BCUT2D eigenvalue weighted by atomic mass is 32.1. The molecule has 0 atom stereocenters. The number of anilines is 3. The van der Waals surface area contributed by atoms with Gasteiger partial charge in [0.1, 0.15) is 11.2 Å². The summed E-state index contributed by atoms with van der Waals surface area (Å²) in [5.41, 5.74) is 12.1. The average molecular weight is 770 g/mol. The van der Waals surface area contributed by atoms with Crippen LogP contribution < -0.4 is 4.90 Å². The Morgan fingerprint density at radius 2 is 0.915 bits per heavy atom. The van der Waals surface area contributed by atoms with Crippen molar-refractivity contribution in [2.45, 2.75) is 0 Å². The van der Waals surface area contributed by atoms with Crippen molar-refractivity contribution in [3.05, 3.63) is 212 Å². The molecular weight excluding hydrogens is 735 g/mol. The van der Waals surface area contributed by atoms with Crippen molar-refractivity contribution in [3.8, 4) is 33.4 Å². The van der Waals surface area contributed by atoms with Crippen molar-refractivity contribution in [3.63, 3.8) is 0 Å². The summed E-state index contributed by atoms with van der Waals surface area (Å²) in [7, 11) is 0. The van der Waals surface area contributed by atoms with E-state index in [1.54, 1.807) is 0 Å². The third kappa shape index (κ3) is 5.55. The predicted octanol–water partition coefficient (Wildman–Crippen LogP) is 16.7. The van der Waals surface area contributed by atoms with Gasteiger partial charge in [-0.05, 0) is 86.3 Å². The fourth-order valence-electron chi connectivity index (χ4n) is 9.03. The summed E-state index contributed by atoms with van der Waals surface area (Å²) in [5, 5.41) is 9.70. The molecule has 276 valence electrons. The summed E-state index contributed by atoms with van der Waals surface area (Å²) in [6.45, 7) is 0. The third-order valence-electron chi connectivity index (χ3n) is 11.9. The van der Waals surface area contributed by atoms with Gasteiger partial charge in [0.05, 0.1) is 16.1 Å². The van der Waals surface area contributed by atoms with E-state index in [1.165, 1.54) is 64.0 Å². The maximum absolute atomic E-state index is 6.81. The standard InChI is InChI=1S/C56H35NOS/c1-2-14-41-35-53-50(34-40(41)13-1)48-21-10-20-47(55(48)58-53)45-17-5-7-23-51(45)57(52-24-11-22-49-46-18-6-8-25-54(46)59-56(49)52)42-32-30-37(31-33-42)36-26-28-39(29-27-36)44-19-9-15-38-12-3-4-16-43(38)44/h1-35H. The molecule has 2 aromatic heterocycles. The number of nitrogens with zero attached hydrogens (tertiary/aromatic N) is 1. The van der Waals surface area contributed by atoms with Crippen LogP contribution in [0.3, 0.4) is 0 Å². The van der Waals surface area contributed by atoms with E-state index in [0.717, 1.165) is 50.1 Å². The second-order valence-corrected chi connectivity index (χ2v) is 16.3. The van der Waals surface area contributed by atoms with Crippen molar-refractivity contribution < 1.29 is 4.42 Å². The topological polar surface area (TPSA) is 16.4 Å². The smallest absolute Gasteiger partial charge is 0.143 e. The molecule has 0 saturated heterocycles. The highest BCUT2D eigenvalue weighted by Gasteiger charge is 2.23. The minimum atomic E-state index is 0.896. The van der Waals surface area contributed by atoms with Crippen LogP contribution in [0.15, 0.2) is 217 Å². The monoisotopic (exact) mass is 769 g/mol. The first-order valence-electron chi connectivity index (χ1n) is 20.1. The molecule has 0 fully saturated rings. The molecule has 12 aromatic rings. The summed E-state index contributed by atoms with van der Waals surface area (Å²) < 4.78 is 9.35. The zero-order valence-corrected chi connectivity index (χ0v) is 32.8. The number of thiophene rings is 1. The lowest BCUT2D eigenvalue weighted by atomic mass is 9.96. The van der Waals surface area contributed by atoms with E-state index < -0.39 is 0 Å². The van der Waals surface area contributed by atoms with Crippen LogP contribution in [0, 0.1) is 0 Å². The summed E-state index contributed by atoms with van der Waals surface area (Å²) in [4.78, 5) is 2.44. The van der Waals surface area contributed by atoms with Gasteiger partial charge in [0.2, 0.25) is 0 Å². The van der Waals surface area contributed by atoms with Crippen LogP contribution in [0.4, 0.5) is 17.1 Å². The quantitative estimate of drug-likeness (QED) is 0.167. The zero-order valence-electron chi connectivity index (χ0n) is 32.0. The van der Waals surface area contributed by atoms with Gasteiger partial charge in [-0.2, -0.15) is 0 Å². The van der Waals surface area contributed by atoms with Crippen LogP contribution in [0.2, 0.25) is 0 Å². The molecule has 2 nitrogen and oxygen atoms in total. The molecule has 59 heavy (non-hydrogen) atoms. The zero-order chi connectivity index (χ0) is 38.9. The van der Waals surface area contributed by atoms with Gasteiger partial charge >= 0.3 is 0 Å². The fraction of sp³-hybridized carbons (Fsp3) is 0. The molecular formula is C56H35NOS. The molecule has 0 aliphatic rings. The Morgan fingerprint density at radius 1 is 0.356 bits per heavy atom. The van der Waals surface area contributed by atoms with Crippen LogP contribution >= 0.6 is 11.3 Å². The second kappa shape index (κ2) is 13.6. The number of fused-ring (bicyclic) bond motifs is 8. The van der Waals surface area contributed by atoms with E-state index in [9.17, 15) is 0 Å². The first-order valence-corrected chi connectivity index (χ1v) is 20.9. The third-order valence-corrected chi connectivity index (χ3v) is 13.1. The van der Waals surface area contributed by atoms with Crippen molar-refractivity contribution in [1.29, 1.82) is 0 Å². The molecule has 0 radical (unpaired) electrons. The molecule has 12 rings (SSSR count). The number of hydrogen-bond donors (Lipinski definition) is 0. The number of benzene rings is 10. The van der Waals surface area contributed by atoms with E-state index in [4.69, 9.17) is 4.42 Å². The van der Waals surface area contributed by atoms with Gasteiger partial charge in [0.25, 0.3) is 0 Å². The van der Waals surface area contributed by atoms with Crippen molar-refractivity contribution in [2.75, 3.05) is 4.90 Å². The van der Waals surface area contributed by atoms with E-state index in [0.29, 0.717) is 0 Å². The Bertz CT molecular complexity index is 3550. The maximum Gasteiger partial charge on any atom is 0.143 e. The number of hydrogen-bond acceptors (Lipinski definition) is 3. The molecule has 0 N–H and O–H groups in total. The van der Waals surface area contributed by atoms with Gasteiger partial charge in [-0.1, -0.05) is 170 Å². The minimum Gasteiger partial charge on any atom is -0.455 e. The van der Waals surface area contributed by atoms with Gasteiger partial charge < -0.3 is 9.32 Å². The number of furan rings is 1. The van der Waals surface area contributed by atoms with Crippen LogP contribution in [-0.4, -0.2) is 0 Å². The van der Waals surface area contributed by atoms with Crippen molar-refractivity contribution in [2.24, 2.45) is 0 Å². The average Bonchev–Trinajstić information content (AvgIpc) is 3.87. The van der Waals surface area contributed by atoms with Gasteiger partial charge in [0.15, 0.2) is 0 Å². The van der Waals surface area contributed by atoms with Gasteiger partial charge in [-0.3, -0.25) is 0 Å². The maximum atomic E-state index is 6.81. The van der Waals surface area contributed by atoms with E-state index >= 15 is 0 Å². The number of rotatable bonds is 6. The summed E-state index contributed by atoms with van der Waals surface area (Å²) >= 11 is 1.85. The molecule has 10 aromatic carbocycles.